The highest BCUT2D eigenvalue weighted by Crippen LogP contribution is 2.36. The number of thiophene rings is 1. The van der Waals surface area contributed by atoms with E-state index in [-0.39, 0.29) is 0 Å². The number of unbranched alkanes of at least 4 members (excludes halogenated alkanes) is 2. The van der Waals surface area contributed by atoms with E-state index in [9.17, 15) is 18.0 Å². The van der Waals surface area contributed by atoms with Gasteiger partial charge in [-0.1, -0.05) is 38.0 Å². The summed E-state index contributed by atoms with van der Waals surface area (Å²) in [7, 11) is 0. The van der Waals surface area contributed by atoms with E-state index in [1.165, 1.54) is 17.0 Å². The molecule has 0 unspecified atom stereocenters. The van der Waals surface area contributed by atoms with Crippen molar-refractivity contribution in [2.24, 2.45) is 5.73 Å². The van der Waals surface area contributed by atoms with Gasteiger partial charge < -0.3 is 10.3 Å². The third-order valence-corrected chi connectivity index (χ3v) is 6.49. The average Bonchev–Trinajstić information content (AvgIpc) is 3.32. The molecule has 0 aliphatic heterocycles. The van der Waals surface area contributed by atoms with Gasteiger partial charge in [-0.05, 0) is 55.3 Å². The Morgan fingerprint density at radius 3 is 2.35 bits per heavy atom. The molecule has 2 N–H and O–H groups in total. The highest BCUT2D eigenvalue weighted by molar-refractivity contribution is 7.09. The molecule has 0 aliphatic carbocycles. The molecule has 0 radical (unpaired) electrons. The van der Waals surface area contributed by atoms with Crippen molar-refractivity contribution in [2.75, 3.05) is 0 Å². The molecule has 0 saturated carbocycles. The SMILES string of the molecule is CCCCCc1c(-c2ccc(C(F)(F)F)cc2)c(C(N)=O)c(C)n1CCc1cccs1. The van der Waals surface area contributed by atoms with E-state index >= 15 is 0 Å². The van der Waals surface area contributed by atoms with Gasteiger partial charge in [-0.2, -0.15) is 13.2 Å². The smallest absolute Gasteiger partial charge is 0.366 e. The number of amides is 1. The van der Waals surface area contributed by atoms with Crippen LogP contribution in [0.4, 0.5) is 13.2 Å². The molecule has 0 aliphatic rings. The molecule has 3 aromatic rings. The Kier molecular flexibility index (Phi) is 7.26. The fraction of sp³-hybridized carbons (Fsp3) is 0.375. The number of halogens is 3. The van der Waals surface area contributed by atoms with Crippen LogP contribution >= 0.6 is 11.3 Å². The van der Waals surface area contributed by atoms with Crippen LogP contribution in [0.5, 0.6) is 0 Å². The van der Waals surface area contributed by atoms with Crippen molar-refractivity contribution in [3.05, 3.63) is 69.2 Å². The highest BCUT2D eigenvalue weighted by atomic mass is 32.1. The van der Waals surface area contributed by atoms with E-state index in [4.69, 9.17) is 5.73 Å². The van der Waals surface area contributed by atoms with Crippen molar-refractivity contribution in [1.82, 2.24) is 4.57 Å². The number of rotatable bonds is 9. The standard InChI is InChI=1S/C24H27F3N2OS/c1-3-4-5-8-20-22(17-9-11-18(12-10-17)24(25,26)27)21(23(28)30)16(2)29(20)14-13-19-7-6-15-31-19/h6-7,9-12,15H,3-5,8,13-14H2,1-2H3,(H2,28,30). The summed E-state index contributed by atoms with van der Waals surface area (Å²) < 4.78 is 41.2. The topological polar surface area (TPSA) is 48.0 Å². The minimum absolute atomic E-state index is 0.400. The molecular weight excluding hydrogens is 421 g/mol. The number of benzene rings is 1. The van der Waals surface area contributed by atoms with Gasteiger partial charge in [0, 0.05) is 28.4 Å². The summed E-state index contributed by atoms with van der Waals surface area (Å²) in [6, 6.07) is 9.09. The van der Waals surface area contributed by atoms with Crippen LogP contribution in [0.3, 0.4) is 0 Å². The van der Waals surface area contributed by atoms with Gasteiger partial charge in [0.1, 0.15) is 0 Å². The molecule has 166 valence electrons. The third-order valence-electron chi connectivity index (χ3n) is 5.56. The summed E-state index contributed by atoms with van der Waals surface area (Å²) in [6.07, 6.45) is 0.171. The first-order valence-corrected chi connectivity index (χ1v) is 11.3. The number of aryl methyl sites for hydroxylation is 1. The predicted octanol–water partition coefficient (Wildman–Crippen LogP) is 6.62. The monoisotopic (exact) mass is 448 g/mol. The average molecular weight is 449 g/mol. The van der Waals surface area contributed by atoms with E-state index in [0.717, 1.165) is 55.6 Å². The Morgan fingerprint density at radius 2 is 1.81 bits per heavy atom. The summed E-state index contributed by atoms with van der Waals surface area (Å²) in [5.41, 5.74) is 8.43. The number of hydrogen-bond acceptors (Lipinski definition) is 2. The number of nitrogens with two attached hydrogens (primary N) is 1. The van der Waals surface area contributed by atoms with Crippen LogP contribution in [0.2, 0.25) is 0 Å². The van der Waals surface area contributed by atoms with Gasteiger partial charge in [-0.3, -0.25) is 4.79 Å². The van der Waals surface area contributed by atoms with Crippen molar-refractivity contribution in [3.63, 3.8) is 0 Å². The third kappa shape index (κ3) is 5.21. The Morgan fingerprint density at radius 1 is 1.10 bits per heavy atom. The molecule has 2 heterocycles. The normalized spacial score (nSPS) is 11.8. The molecule has 0 bridgehead atoms. The number of nitrogens with zero attached hydrogens (tertiary/aromatic N) is 1. The second-order valence-corrected chi connectivity index (χ2v) is 8.69. The van der Waals surface area contributed by atoms with Gasteiger partial charge in [0.15, 0.2) is 0 Å². The molecule has 0 fully saturated rings. The molecule has 0 atom stereocenters. The van der Waals surface area contributed by atoms with Crippen LogP contribution in [0.25, 0.3) is 11.1 Å². The van der Waals surface area contributed by atoms with Crippen molar-refractivity contribution in [2.45, 2.75) is 58.7 Å². The molecule has 31 heavy (non-hydrogen) atoms. The summed E-state index contributed by atoms with van der Waals surface area (Å²) in [5, 5.41) is 2.03. The van der Waals surface area contributed by atoms with E-state index in [0.29, 0.717) is 23.2 Å². The van der Waals surface area contributed by atoms with Crippen LogP contribution in [-0.2, 0) is 25.6 Å². The lowest BCUT2D eigenvalue weighted by Crippen LogP contribution is -2.14. The summed E-state index contributed by atoms with van der Waals surface area (Å²) in [6.45, 7) is 4.67. The Labute approximate surface area is 184 Å². The van der Waals surface area contributed by atoms with Gasteiger partial charge in [0.2, 0.25) is 0 Å². The van der Waals surface area contributed by atoms with E-state index in [2.05, 4.69) is 17.6 Å². The molecule has 7 heteroatoms. The number of carbonyl (C=O) groups excluding carboxylic acids is 1. The first-order valence-electron chi connectivity index (χ1n) is 10.5. The van der Waals surface area contributed by atoms with Crippen LogP contribution in [-0.4, -0.2) is 10.5 Å². The minimum atomic E-state index is -4.41. The summed E-state index contributed by atoms with van der Waals surface area (Å²) >= 11 is 1.68. The van der Waals surface area contributed by atoms with Crippen LogP contribution < -0.4 is 5.73 Å². The zero-order valence-corrected chi connectivity index (χ0v) is 18.6. The first-order chi connectivity index (χ1) is 14.7. The van der Waals surface area contributed by atoms with Gasteiger partial charge in [0.05, 0.1) is 11.1 Å². The number of carbonyl (C=O) groups is 1. The Hall–Kier alpha value is -2.54. The maximum Gasteiger partial charge on any atom is 0.416 e. The van der Waals surface area contributed by atoms with Crippen LogP contribution in [0.1, 0.15) is 58.4 Å². The summed E-state index contributed by atoms with van der Waals surface area (Å²) in [5.74, 6) is -0.556. The number of primary amides is 1. The predicted molar refractivity (Wildman–Crippen MR) is 119 cm³/mol. The fourth-order valence-electron chi connectivity index (χ4n) is 4.02. The molecule has 1 amide bonds. The van der Waals surface area contributed by atoms with Crippen molar-refractivity contribution >= 4 is 17.2 Å². The highest BCUT2D eigenvalue weighted by Gasteiger charge is 2.31. The van der Waals surface area contributed by atoms with Gasteiger partial charge in [0.25, 0.3) is 5.91 Å². The Balaban J connectivity index is 2.10. The lowest BCUT2D eigenvalue weighted by atomic mass is 9.96. The lowest BCUT2D eigenvalue weighted by molar-refractivity contribution is -0.137. The zero-order chi connectivity index (χ0) is 22.6. The number of hydrogen-bond donors (Lipinski definition) is 1. The van der Waals surface area contributed by atoms with Crippen molar-refractivity contribution < 1.29 is 18.0 Å². The largest absolute Gasteiger partial charge is 0.416 e. The number of aromatic nitrogens is 1. The van der Waals surface area contributed by atoms with Gasteiger partial charge in [-0.15, -0.1) is 11.3 Å². The molecule has 1 aromatic carbocycles. The molecule has 2 aromatic heterocycles. The van der Waals surface area contributed by atoms with E-state index in [1.54, 1.807) is 11.3 Å². The van der Waals surface area contributed by atoms with Crippen LogP contribution in [0, 0.1) is 6.92 Å². The quantitative estimate of drug-likeness (QED) is 0.368. The van der Waals surface area contributed by atoms with Gasteiger partial charge in [-0.25, -0.2) is 0 Å². The summed E-state index contributed by atoms with van der Waals surface area (Å²) in [4.78, 5) is 13.6. The maximum atomic E-state index is 13.0. The zero-order valence-electron chi connectivity index (χ0n) is 17.8. The molecular formula is C24H27F3N2OS. The second kappa shape index (κ2) is 9.73. The van der Waals surface area contributed by atoms with Crippen molar-refractivity contribution in [1.29, 1.82) is 0 Å². The first kappa shape index (κ1) is 23.1. The molecule has 0 spiro atoms. The van der Waals surface area contributed by atoms with Gasteiger partial charge >= 0.3 is 6.18 Å². The lowest BCUT2D eigenvalue weighted by Gasteiger charge is -2.14. The Bertz CT molecular complexity index is 1020. The maximum absolute atomic E-state index is 13.0. The molecule has 0 saturated heterocycles. The molecule has 3 rings (SSSR count). The molecule has 3 nitrogen and oxygen atoms in total. The second-order valence-electron chi connectivity index (χ2n) is 7.66. The van der Waals surface area contributed by atoms with Crippen LogP contribution in [0.15, 0.2) is 41.8 Å². The van der Waals surface area contributed by atoms with E-state index < -0.39 is 17.6 Å². The minimum Gasteiger partial charge on any atom is -0.366 e. The fourth-order valence-corrected chi connectivity index (χ4v) is 4.72. The van der Waals surface area contributed by atoms with Crippen molar-refractivity contribution in [3.8, 4) is 11.1 Å². The van der Waals surface area contributed by atoms with E-state index in [1.807, 2.05) is 18.4 Å². The number of alkyl halides is 3.